The lowest BCUT2D eigenvalue weighted by Gasteiger charge is -2.41. The van der Waals surface area contributed by atoms with Crippen molar-refractivity contribution < 1.29 is 0 Å². The number of aromatic amines is 1. The Kier molecular flexibility index (Phi) is 3.19. The number of rotatable bonds is 2. The molecular weight excluding hydrogens is 286 g/mol. The second-order valence-corrected chi connectivity index (χ2v) is 6.59. The van der Waals surface area contributed by atoms with Crippen LogP contribution in [0, 0.1) is 0 Å². The molecule has 2 fully saturated rings. The van der Waals surface area contributed by atoms with E-state index in [1.807, 2.05) is 12.1 Å². The molecule has 1 aromatic heterocycles. The van der Waals surface area contributed by atoms with Gasteiger partial charge in [-0.15, -0.1) is 10.2 Å². The van der Waals surface area contributed by atoms with Crippen molar-refractivity contribution in [1.29, 1.82) is 0 Å². The SMILES string of the molecule is CN1C2CCC1C(c1nn[nH]n1)C(c1ccc(Cl)cc1)C2. The Morgan fingerprint density at radius 1 is 1.24 bits per heavy atom. The molecule has 0 saturated carbocycles. The summed E-state index contributed by atoms with van der Waals surface area (Å²) in [5, 5.41) is 15.7. The van der Waals surface area contributed by atoms with E-state index in [1.54, 1.807) is 0 Å². The molecule has 2 saturated heterocycles. The first-order valence-electron chi connectivity index (χ1n) is 7.45. The van der Waals surface area contributed by atoms with Gasteiger partial charge < -0.3 is 0 Å². The molecule has 2 bridgehead atoms. The summed E-state index contributed by atoms with van der Waals surface area (Å²) in [5.74, 6) is 1.58. The summed E-state index contributed by atoms with van der Waals surface area (Å²) in [6.45, 7) is 0. The zero-order valence-electron chi connectivity index (χ0n) is 11.9. The van der Waals surface area contributed by atoms with Gasteiger partial charge in [0.25, 0.3) is 0 Å². The van der Waals surface area contributed by atoms with Crippen molar-refractivity contribution >= 4 is 11.6 Å². The molecule has 0 spiro atoms. The minimum atomic E-state index is 0.300. The van der Waals surface area contributed by atoms with E-state index in [1.165, 1.54) is 18.4 Å². The third-order valence-corrected chi connectivity index (χ3v) is 5.48. The first kappa shape index (κ1) is 13.2. The minimum absolute atomic E-state index is 0.300. The van der Waals surface area contributed by atoms with E-state index in [0.29, 0.717) is 23.9 Å². The zero-order valence-corrected chi connectivity index (χ0v) is 12.7. The molecule has 6 heteroatoms. The average molecular weight is 304 g/mol. The van der Waals surface area contributed by atoms with Gasteiger partial charge >= 0.3 is 0 Å². The number of H-pyrrole nitrogens is 1. The number of halogens is 1. The summed E-state index contributed by atoms with van der Waals surface area (Å²) in [4.78, 5) is 2.51. The fourth-order valence-corrected chi connectivity index (χ4v) is 4.31. The number of hydrogen-bond donors (Lipinski definition) is 1. The van der Waals surface area contributed by atoms with Crippen LogP contribution in [-0.4, -0.2) is 44.7 Å². The van der Waals surface area contributed by atoms with Crippen LogP contribution in [0.1, 0.15) is 42.5 Å². The number of nitrogens with zero attached hydrogens (tertiary/aromatic N) is 4. The maximum Gasteiger partial charge on any atom is 0.179 e. The lowest BCUT2D eigenvalue weighted by atomic mass is 9.76. The van der Waals surface area contributed by atoms with Crippen LogP contribution >= 0.6 is 11.6 Å². The number of aromatic nitrogens is 4. The Hall–Kier alpha value is -1.46. The monoisotopic (exact) mass is 303 g/mol. The molecule has 1 aromatic carbocycles. The fourth-order valence-electron chi connectivity index (χ4n) is 4.18. The standard InChI is InChI=1S/C15H18ClN5/c1-21-11-6-7-13(21)14(15-17-19-20-18-15)12(8-11)9-2-4-10(16)5-3-9/h2-5,11-14H,6-8H2,1H3,(H,17,18,19,20). The van der Waals surface area contributed by atoms with Crippen molar-refractivity contribution in [3.05, 3.63) is 40.7 Å². The highest BCUT2D eigenvalue weighted by atomic mass is 35.5. The van der Waals surface area contributed by atoms with Crippen LogP contribution in [-0.2, 0) is 0 Å². The number of benzene rings is 1. The molecule has 0 radical (unpaired) electrons. The summed E-state index contributed by atoms with van der Waals surface area (Å²) in [6, 6.07) is 9.41. The highest BCUT2D eigenvalue weighted by molar-refractivity contribution is 6.30. The summed E-state index contributed by atoms with van der Waals surface area (Å²) in [6.07, 6.45) is 3.62. The van der Waals surface area contributed by atoms with Crippen LogP contribution in [0.4, 0.5) is 0 Å². The number of nitrogens with one attached hydrogen (secondary N) is 1. The predicted molar refractivity (Wildman–Crippen MR) is 80.3 cm³/mol. The molecule has 0 aliphatic carbocycles. The number of fused-ring (bicyclic) bond motifs is 2. The topological polar surface area (TPSA) is 57.7 Å². The first-order valence-corrected chi connectivity index (χ1v) is 7.82. The summed E-state index contributed by atoms with van der Waals surface area (Å²) < 4.78 is 0. The van der Waals surface area contributed by atoms with Crippen LogP contribution in [0.25, 0.3) is 0 Å². The van der Waals surface area contributed by atoms with Gasteiger partial charge in [0.15, 0.2) is 5.82 Å². The second-order valence-electron chi connectivity index (χ2n) is 6.15. The van der Waals surface area contributed by atoms with E-state index in [0.717, 1.165) is 17.3 Å². The van der Waals surface area contributed by atoms with Gasteiger partial charge in [0.1, 0.15) is 0 Å². The molecule has 2 aliphatic rings. The van der Waals surface area contributed by atoms with Gasteiger partial charge in [-0.2, -0.15) is 5.21 Å². The molecule has 3 heterocycles. The van der Waals surface area contributed by atoms with Crippen molar-refractivity contribution in [3.8, 4) is 0 Å². The van der Waals surface area contributed by atoms with Gasteiger partial charge in [-0.3, -0.25) is 4.90 Å². The van der Waals surface area contributed by atoms with Crippen LogP contribution in [0.3, 0.4) is 0 Å². The molecule has 4 unspecified atom stereocenters. The van der Waals surface area contributed by atoms with Crippen LogP contribution < -0.4 is 0 Å². The van der Waals surface area contributed by atoms with Crippen LogP contribution in [0.15, 0.2) is 24.3 Å². The molecule has 4 atom stereocenters. The number of hydrogen-bond acceptors (Lipinski definition) is 4. The van der Waals surface area contributed by atoms with Crippen molar-refractivity contribution in [3.63, 3.8) is 0 Å². The highest BCUT2D eigenvalue weighted by Crippen LogP contribution is 2.49. The first-order chi connectivity index (χ1) is 10.2. The summed E-state index contributed by atoms with van der Waals surface area (Å²) in [7, 11) is 2.23. The quantitative estimate of drug-likeness (QED) is 0.926. The molecule has 110 valence electrons. The number of likely N-dealkylation sites (N-methyl/N-ethyl adjacent to an activating group) is 1. The maximum atomic E-state index is 6.03. The van der Waals surface area contributed by atoms with Gasteiger partial charge in [-0.05, 0) is 49.9 Å². The van der Waals surface area contributed by atoms with E-state index >= 15 is 0 Å². The second kappa shape index (κ2) is 5.07. The fraction of sp³-hybridized carbons (Fsp3) is 0.533. The normalized spacial score (nSPS) is 32.5. The Labute approximate surface area is 128 Å². The van der Waals surface area contributed by atoms with Gasteiger partial charge in [0.05, 0.1) is 0 Å². The maximum absolute atomic E-state index is 6.03. The van der Waals surface area contributed by atoms with Gasteiger partial charge in [0.2, 0.25) is 0 Å². The van der Waals surface area contributed by atoms with E-state index in [2.05, 4.69) is 44.7 Å². The predicted octanol–water partition coefficient (Wildman–Crippen LogP) is 2.59. The Morgan fingerprint density at radius 3 is 2.76 bits per heavy atom. The highest BCUT2D eigenvalue weighted by Gasteiger charge is 2.48. The zero-order chi connectivity index (χ0) is 14.4. The molecule has 1 N–H and O–H groups in total. The molecule has 2 aliphatic heterocycles. The number of piperidine rings is 1. The Morgan fingerprint density at radius 2 is 2.05 bits per heavy atom. The third-order valence-electron chi connectivity index (χ3n) is 5.23. The van der Waals surface area contributed by atoms with Gasteiger partial charge in [-0.1, -0.05) is 28.9 Å². The lowest BCUT2D eigenvalue weighted by Crippen LogP contribution is -2.44. The third kappa shape index (κ3) is 2.15. The largest absolute Gasteiger partial charge is 0.300 e. The molecule has 2 aromatic rings. The van der Waals surface area contributed by atoms with E-state index in [-0.39, 0.29) is 0 Å². The summed E-state index contributed by atoms with van der Waals surface area (Å²) >= 11 is 6.03. The Bertz CT molecular complexity index is 612. The molecule has 21 heavy (non-hydrogen) atoms. The van der Waals surface area contributed by atoms with Gasteiger partial charge in [0, 0.05) is 23.0 Å². The molecule has 0 amide bonds. The van der Waals surface area contributed by atoms with Crippen molar-refractivity contribution in [1.82, 2.24) is 25.5 Å². The van der Waals surface area contributed by atoms with E-state index in [9.17, 15) is 0 Å². The molecule has 4 rings (SSSR count). The van der Waals surface area contributed by atoms with Crippen LogP contribution in [0.2, 0.25) is 5.02 Å². The van der Waals surface area contributed by atoms with Crippen molar-refractivity contribution in [2.75, 3.05) is 7.05 Å². The Balaban J connectivity index is 1.75. The van der Waals surface area contributed by atoms with Crippen LogP contribution in [0.5, 0.6) is 0 Å². The van der Waals surface area contributed by atoms with Gasteiger partial charge in [-0.25, -0.2) is 0 Å². The number of tetrazole rings is 1. The van der Waals surface area contributed by atoms with Crippen molar-refractivity contribution in [2.45, 2.75) is 43.2 Å². The summed E-state index contributed by atoms with van der Waals surface area (Å²) in [5.41, 5.74) is 1.33. The van der Waals surface area contributed by atoms with Crippen molar-refractivity contribution in [2.24, 2.45) is 0 Å². The van der Waals surface area contributed by atoms with E-state index < -0.39 is 0 Å². The smallest absolute Gasteiger partial charge is 0.179 e. The molecule has 5 nitrogen and oxygen atoms in total. The van der Waals surface area contributed by atoms with E-state index in [4.69, 9.17) is 11.6 Å². The minimum Gasteiger partial charge on any atom is -0.300 e. The average Bonchev–Trinajstić information content (AvgIpc) is 3.08. The molecular formula is C15H18ClN5. The lowest BCUT2D eigenvalue weighted by molar-refractivity contribution is 0.133.